The van der Waals surface area contributed by atoms with Gasteiger partial charge in [-0.1, -0.05) is 5.11 Å². The highest BCUT2D eigenvalue weighted by Crippen LogP contribution is 2.33. The maximum Gasteiger partial charge on any atom is 0.227 e. The predicted molar refractivity (Wildman–Crippen MR) is 73.0 cm³/mol. The molecule has 19 heavy (non-hydrogen) atoms. The molecule has 1 aromatic rings. The molecule has 8 heteroatoms. The standard InChI is InChI=1S/C11H12BrN5O2/c1-19-10-3-9(8(12)5-14-10)17-6-7(2-11(17)18)4-15-16-13/h3,5,7H,2,4,6H2,1H3. The van der Waals surface area contributed by atoms with E-state index in [1.807, 2.05) is 0 Å². The summed E-state index contributed by atoms with van der Waals surface area (Å²) in [5.74, 6) is 0.506. The Kier molecular flexibility index (Phi) is 4.24. The van der Waals surface area contributed by atoms with Crippen LogP contribution in [0.3, 0.4) is 0 Å². The van der Waals surface area contributed by atoms with Crippen LogP contribution in [0.2, 0.25) is 0 Å². The van der Waals surface area contributed by atoms with Crippen LogP contribution in [0.5, 0.6) is 5.88 Å². The highest BCUT2D eigenvalue weighted by Gasteiger charge is 2.31. The number of hydrogen-bond donors (Lipinski definition) is 0. The Bertz CT molecular complexity index is 544. The first-order valence-electron chi connectivity index (χ1n) is 5.66. The van der Waals surface area contributed by atoms with E-state index in [2.05, 4.69) is 30.9 Å². The Morgan fingerprint density at radius 2 is 2.53 bits per heavy atom. The van der Waals surface area contributed by atoms with E-state index in [4.69, 9.17) is 10.3 Å². The van der Waals surface area contributed by atoms with Crippen LogP contribution in [-0.4, -0.2) is 31.1 Å². The molecular formula is C11H12BrN5O2. The first-order chi connectivity index (χ1) is 9.15. The largest absolute Gasteiger partial charge is 0.481 e. The van der Waals surface area contributed by atoms with Crippen LogP contribution in [-0.2, 0) is 4.79 Å². The molecule has 1 aromatic heterocycles. The molecule has 0 aliphatic carbocycles. The van der Waals surface area contributed by atoms with Gasteiger partial charge in [0.15, 0.2) is 0 Å². The molecule has 7 nitrogen and oxygen atoms in total. The van der Waals surface area contributed by atoms with Gasteiger partial charge in [0, 0.05) is 36.7 Å². The molecular weight excluding hydrogens is 314 g/mol. The summed E-state index contributed by atoms with van der Waals surface area (Å²) in [6.45, 7) is 0.863. The lowest BCUT2D eigenvalue weighted by molar-refractivity contribution is -0.117. The predicted octanol–water partition coefficient (Wildman–Crippen LogP) is 2.52. The topological polar surface area (TPSA) is 91.2 Å². The minimum Gasteiger partial charge on any atom is -0.481 e. The molecule has 0 radical (unpaired) electrons. The number of aromatic nitrogens is 1. The second-order valence-corrected chi connectivity index (χ2v) is 5.02. The number of halogens is 1. The smallest absolute Gasteiger partial charge is 0.227 e. The lowest BCUT2D eigenvalue weighted by Gasteiger charge is -2.18. The highest BCUT2D eigenvalue weighted by molar-refractivity contribution is 9.10. The van der Waals surface area contributed by atoms with Crippen LogP contribution in [0.15, 0.2) is 21.9 Å². The Morgan fingerprint density at radius 1 is 1.74 bits per heavy atom. The Labute approximate surface area is 118 Å². The average Bonchev–Trinajstić information content (AvgIpc) is 2.78. The van der Waals surface area contributed by atoms with Gasteiger partial charge in [0.2, 0.25) is 11.8 Å². The van der Waals surface area contributed by atoms with E-state index in [1.165, 1.54) is 7.11 Å². The van der Waals surface area contributed by atoms with Crippen LogP contribution in [0, 0.1) is 5.92 Å². The van der Waals surface area contributed by atoms with Gasteiger partial charge in [-0.25, -0.2) is 4.98 Å². The monoisotopic (exact) mass is 325 g/mol. The van der Waals surface area contributed by atoms with Crippen molar-refractivity contribution in [2.75, 3.05) is 25.1 Å². The number of nitrogens with zero attached hydrogens (tertiary/aromatic N) is 5. The summed E-state index contributed by atoms with van der Waals surface area (Å²) in [5, 5.41) is 3.53. The zero-order chi connectivity index (χ0) is 13.8. The molecule has 1 aliphatic rings. The molecule has 2 rings (SSSR count). The number of pyridine rings is 1. The van der Waals surface area contributed by atoms with Gasteiger partial charge in [-0.05, 0) is 27.4 Å². The summed E-state index contributed by atoms with van der Waals surface area (Å²) < 4.78 is 5.79. The van der Waals surface area contributed by atoms with Crippen LogP contribution in [0.4, 0.5) is 5.69 Å². The van der Waals surface area contributed by atoms with E-state index in [-0.39, 0.29) is 11.8 Å². The maximum atomic E-state index is 12.0. The quantitative estimate of drug-likeness (QED) is 0.483. The number of carbonyl (C=O) groups excluding carboxylic acids is 1. The average molecular weight is 326 g/mol. The molecule has 1 saturated heterocycles. The Hall–Kier alpha value is -1.79. The van der Waals surface area contributed by atoms with E-state index < -0.39 is 0 Å². The van der Waals surface area contributed by atoms with Crippen molar-refractivity contribution in [3.63, 3.8) is 0 Å². The maximum absolute atomic E-state index is 12.0. The molecule has 0 spiro atoms. The molecule has 0 aromatic carbocycles. The summed E-state index contributed by atoms with van der Waals surface area (Å²) in [6, 6.07) is 1.71. The van der Waals surface area contributed by atoms with E-state index >= 15 is 0 Å². The van der Waals surface area contributed by atoms with Crippen molar-refractivity contribution in [1.29, 1.82) is 0 Å². The van der Waals surface area contributed by atoms with Gasteiger partial charge in [0.25, 0.3) is 0 Å². The third-order valence-corrected chi connectivity index (χ3v) is 3.53. The second-order valence-electron chi connectivity index (χ2n) is 4.17. The number of rotatable bonds is 4. The molecule has 0 saturated carbocycles. The van der Waals surface area contributed by atoms with Crippen molar-refractivity contribution in [3.8, 4) is 5.88 Å². The summed E-state index contributed by atoms with van der Waals surface area (Å²) in [4.78, 5) is 20.4. The molecule has 1 aliphatic heterocycles. The van der Waals surface area contributed by atoms with Gasteiger partial charge in [0.05, 0.1) is 17.3 Å². The number of amides is 1. The van der Waals surface area contributed by atoms with Gasteiger partial charge in [-0.15, -0.1) is 0 Å². The van der Waals surface area contributed by atoms with Crippen LogP contribution < -0.4 is 9.64 Å². The minimum atomic E-state index is 0.00657. The number of carbonyl (C=O) groups is 1. The molecule has 1 atom stereocenters. The van der Waals surface area contributed by atoms with Gasteiger partial charge in [-0.2, -0.15) is 0 Å². The van der Waals surface area contributed by atoms with Crippen molar-refractivity contribution in [2.45, 2.75) is 6.42 Å². The molecule has 100 valence electrons. The number of ether oxygens (including phenoxy) is 1. The number of anilines is 1. The van der Waals surface area contributed by atoms with Crippen molar-refractivity contribution in [1.82, 2.24) is 4.98 Å². The first kappa shape index (κ1) is 13.6. The molecule has 2 heterocycles. The zero-order valence-corrected chi connectivity index (χ0v) is 11.9. The highest BCUT2D eigenvalue weighted by atomic mass is 79.9. The van der Waals surface area contributed by atoms with Crippen LogP contribution in [0.25, 0.3) is 10.4 Å². The fourth-order valence-corrected chi connectivity index (χ4v) is 2.45. The van der Waals surface area contributed by atoms with Gasteiger partial charge >= 0.3 is 0 Å². The molecule has 1 amide bonds. The number of azide groups is 1. The molecule has 0 N–H and O–H groups in total. The third-order valence-electron chi connectivity index (χ3n) is 2.92. The molecule has 1 unspecified atom stereocenters. The Morgan fingerprint density at radius 3 is 3.21 bits per heavy atom. The molecule has 1 fully saturated rings. The van der Waals surface area contributed by atoms with E-state index in [9.17, 15) is 4.79 Å². The van der Waals surface area contributed by atoms with Gasteiger partial charge in [-0.3, -0.25) is 4.79 Å². The minimum absolute atomic E-state index is 0.00657. The lowest BCUT2D eigenvalue weighted by atomic mass is 10.1. The van der Waals surface area contributed by atoms with Gasteiger partial charge in [0.1, 0.15) is 0 Å². The lowest BCUT2D eigenvalue weighted by Crippen LogP contribution is -2.25. The molecule has 0 bridgehead atoms. The van der Waals surface area contributed by atoms with Crippen molar-refractivity contribution < 1.29 is 9.53 Å². The SMILES string of the molecule is COc1cc(N2CC(CN=[N+]=[N-])CC2=O)c(Br)cn1. The third kappa shape index (κ3) is 2.97. The van der Waals surface area contributed by atoms with Crippen molar-refractivity contribution in [3.05, 3.63) is 27.2 Å². The summed E-state index contributed by atoms with van der Waals surface area (Å²) in [5.41, 5.74) is 9.04. The summed E-state index contributed by atoms with van der Waals surface area (Å²) in [7, 11) is 1.52. The fourth-order valence-electron chi connectivity index (χ4n) is 2.02. The number of hydrogen-bond acceptors (Lipinski definition) is 4. The van der Waals surface area contributed by atoms with Gasteiger partial charge < -0.3 is 9.64 Å². The van der Waals surface area contributed by atoms with Crippen LogP contribution >= 0.6 is 15.9 Å². The fraction of sp³-hybridized carbons (Fsp3) is 0.455. The zero-order valence-electron chi connectivity index (χ0n) is 10.3. The van der Waals surface area contributed by atoms with Crippen LogP contribution in [0.1, 0.15) is 6.42 Å². The summed E-state index contributed by atoms with van der Waals surface area (Å²) in [6.07, 6.45) is 1.98. The first-order valence-corrected chi connectivity index (χ1v) is 6.45. The van der Waals surface area contributed by atoms with E-state index in [0.717, 1.165) is 10.2 Å². The normalized spacial score (nSPS) is 18.3. The Balaban J connectivity index is 2.22. The summed E-state index contributed by atoms with van der Waals surface area (Å²) >= 11 is 3.38. The van der Waals surface area contributed by atoms with Crippen molar-refractivity contribution in [2.24, 2.45) is 11.0 Å². The second kappa shape index (κ2) is 5.90. The van der Waals surface area contributed by atoms with E-state index in [0.29, 0.717) is 25.4 Å². The van der Waals surface area contributed by atoms with E-state index in [1.54, 1.807) is 17.2 Å². The number of methoxy groups -OCH3 is 1. The van der Waals surface area contributed by atoms with Crippen molar-refractivity contribution >= 4 is 27.5 Å².